The number of unbranched alkanes of at least 4 members (excludes halogenated alkanes) is 3. The molecule has 0 spiro atoms. The molecule has 150 valence electrons. The van der Waals surface area contributed by atoms with E-state index in [1.54, 1.807) is 0 Å². The van der Waals surface area contributed by atoms with Crippen molar-refractivity contribution in [1.82, 2.24) is 10.6 Å². The molecule has 8 heteroatoms. The summed E-state index contributed by atoms with van der Waals surface area (Å²) in [5.41, 5.74) is 0. The summed E-state index contributed by atoms with van der Waals surface area (Å²) in [6, 6.07) is 0. The molecule has 0 aromatic carbocycles. The molecule has 2 saturated heterocycles. The summed E-state index contributed by atoms with van der Waals surface area (Å²) in [4.78, 5) is 26.3. The van der Waals surface area contributed by atoms with Gasteiger partial charge in [-0.1, -0.05) is 12.8 Å². The number of hydrogen-bond acceptors (Lipinski definition) is 4. The summed E-state index contributed by atoms with van der Waals surface area (Å²) in [6.45, 7) is 9.32. The highest BCUT2D eigenvalue weighted by molar-refractivity contribution is 5.77. The molecule has 2 aliphatic rings. The van der Waals surface area contributed by atoms with E-state index >= 15 is 0 Å². The third kappa shape index (κ3) is 9.47. The van der Waals surface area contributed by atoms with Crippen molar-refractivity contribution in [2.75, 3.05) is 78.8 Å². The van der Waals surface area contributed by atoms with Crippen molar-refractivity contribution in [3.8, 4) is 0 Å². The quantitative estimate of drug-likeness (QED) is 0.285. The summed E-state index contributed by atoms with van der Waals surface area (Å²) in [6.07, 6.45) is 4.15. The first-order valence-corrected chi connectivity index (χ1v) is 10.1. The van der Waals surface area contributed by atoms with Crippen LogP contribution in [0.4, 0.5) is 0 Å². The lowest BCUT2D eigenvalue weighted by Crippen LogP contribution is -3.15. The van der Waals surface area contributed by atoms with E-state index in [1.807, 2.05) is 0 Å². The average molecular weight is 373 g/mol. The minimum atomic E-state index is 0.139. The molecule has 2 rings (SSSR count). The first kappa shape index (κ1) is 21.1. The van der Waals surface area contributed by atoms with Gasteiger partial charge in [-0.05, 0) is 12.8 Å². The van der Waals surface area contributed by atoms with Crippen molar-refractivity contribution in [1.29, 1.82) is 0 Å². The zero-order valence-electron chi connectivity index (χ0n) is 15.9. The lowest BCUT2D eigenvalue weighted by molar-refractivity contribution is -0.900. The molecule has 0 saturated carbocycles. The number of rotatable bonds is 11. The zero-order chi connectivity index (χ0) is 18.5. The van der Waals surface area contributed by atoms with E-state index in [2.05, 4.69) is 10.6 Å². The van der Waals surface area contributed by atoms with Crippen LogP contribution in [-0.2, 0) is 19.1 Å². The molecule has 4 N–H and O–H groups in total. The van der Waals surface area contributed by atoms with Crippen LogP contribution < -0.4 is 20.4 Å². The second-order valence-corrected chi connectivity index (χ2v) is 7.19. The molecule has 0 aromatic heterocycles. The average Bonchev–Trinajstić information content (AvgIpc) is 2.65. The highest BCUT2D eigenvalue weighted by Gasteiger charge is 2.18. The van der Waals surface area contributed by atoms with E-state index in [0.717, 1.165) is 91.4 Å². The van der Waals surface area contributed by atoms with Gasteiger partial charge >= 0.3 is 0 Å². The fraction of sp³-hybridized carbons (Fsp3) is 0.889. The third-order valence-corrected chi connectivity index (χ3v) is 4.97. The molecule has 0 radical (unpaired) electrons. The second kappa shape index (κ2) is 13.0. The van der Waals surface area contributed by atoms with E-state index in [4.69, 9.17) is 9.47 Å². The van der Waals surface area contributed by atoms with Crippen LogP contribution in [0.3, 0.4) is 0 Å². The predicted octanol–water partition coefficient (Wildman–Crippen LogP) is -3.39. The molecule has 2 fully saturated rings. The fourth-order valence-corrected chi connectivity index (χ4v) is 3.31. The van der Waals surface area contributed by atoms with Gasteiger partial charge in [0.2, 0.25) is 0 Å². The third-order valence-electron chi connectivity index (χ3n) is 4.97. The van der Waals surface area contributed by atoms with Gasteiger partial charge in [0.1, 0.15) is 26.2 Å². The minimum Gasteiger partial charge on any atom is -0.370 e. The first-order valence-electron chi connectivity index (χ1n) is 10.1. The molecular weight excluding hydrogens is 336 g/mol. The number of carbonyl (C=O) groups excluding carboxylic acids is 2. The molecule has 0 bridgehead atoms. The van der Waals surface area contributed by atoms with Gasteiger partial charge in [0.05, 0.1) is 26.4 Å². The van der Waals surface area contributed by atoms with Crippen molar-refractivity contribution in [3.05, 3.63) is 0 Å². The maximum Gasteiger partial charge on any atom is 0.275 e. The normalized spacial score (nSPS) is 19.2. The van der Waals surface area contributed by atoms with Crippen LogP contribution in [-0.4, -0.2) is 90.6 Å². The van der Waals surface area contributed by atoms with Crippen LogP contribution in [0.25, 0.3) is 0 Å². The van der Waals surface area contributed by atoms with Gasteiger partial charge in [0.15, 0.2) is 13.1 Å². The Kier molecular flexibility index (Phi) is 10.6. The molecule has 2 heterocycles. The molecule has 0 aromatic rings. The lowest BCUT2D eigenvalue weighted by atomic mass is 10.2. The van der Waals surface area contributed by atoms with Crippen LogP contribution >= 0.6 is 0 Å². The van der Waals surface area contributed by atoms with E-state index < -0.39 is 0 Å². The summed E-state index contributed by atoms with van der Waals surface area (Å²) in [5, 5.41) is 6.00. The molecule has 26 heavy (non-hydrogen) atoms. The minimum absolute atomic E-state index is 0.139. The van der Waals surface area contributed by atoms with Crippen molar-refractivity contribution in [2.45, 2.75) is 25.7 Å². The van der Waals surface area contributed by atoms with Gasteiger partial charge in [-0.3, -0.25) is 9.59 Å². The number of hydrogen-bond donors (Lipinski definition) is 4. The highest BCUT2D eigenvalue weighted by Crippen LogP contribution is 1.97. The Morgan fingerprint density at radius 1 is 0.654 bits per heavy atom. The maximum atomic E-state index is 11.9. The predicted molar refractivity (Wildman–Crippen MR) is 97.3 cm³/mol. The summed E-state index contributed by atoms with van der Waals surface area (Å²) in [5.74, 6) is 0.277. The molecular formula is C18H36N4O4+2. The van der Waals surface area contributed by atoms with Crippen LogP contribution in [0.5, 0.6) is 0 Å². The van der Waals surface area contributed by atoms with Crippen molar-refractivity contribution in [2.24, 2.45) is 0 Å². The van der Waals surface area contributed by atoms with Crippen molar-refractivity contribution in [3.63, 3.8) is 0 Å². The fourth-order valence-electron chi connectivity index (χ4n) is 3.31. The number of amides is 2. The van der Waals surface area contributed by atoms with Crippen LogP contribution in [0.1, 0.15) is 25.7 Å². The number of morpholine rings is 2. The van der Waals surface area contributed by atoms with Gasteiger partial charge in [-0.2, -0.15) is 0 Å². The number of quaternary nitrogens is 2. The Labute approximate surface area is 156 Å². The Hall–Kier alpha value is -1.22. The Morgan fingerprint density at radius 3 is 1.42 bits per heavy atom. The Bertz CT molecular complexity index is 372. The SMILES string of the molecule is O=C(C[NH+]1CCOCC1)NCCCCCCNC(=O)C[NH+]1CCOCC1. The van der Waals surface area contributed by atoms with Crippen LogP contribution in [0, 0.1) is 0 Å². The highest BCUT2D eigenvalue weighted by atomic mass is 16.5. The van der Waals surface area contributed by atoms with E-state index in [9.17, 15) is 9.59 Å². The van der Waals surface area contributed by atoms with Gasteiger partial charge in [-0.15, -0.1) is 0 Å². The molecule has 2 amide bonds. The monoisotopic (exact) mass is 372 g/mol. The summed E-state index contributed by atoms with van der Waals surface area (Å²) >= 11 is 0. The van der Waals surface area contributed by atoms with Crippen molar-refractivity contribution >= 4 is 11.8 Å². The van der Waals surface area contributed by atoms with Gasteiger partial charge in [-0.25, -0.2) is 0 Å². The van der Waals surface area contributed by atoms with Gasteiger partial charge in [0, 0.05) is 13.1 Å². The molecule has 0 unspecified atom stereocenters. The molecule has 2 aliphatic heterocycles. The first-order chi connectivity index (χ1) is 12.7. The summed E-state index contributed by atoms with van der Waals surface area (Å²) in [7, 11) is 0. The van der Waals surface area contributed by atoms with Crippen LogP contribution in [0.15, 0.2) is 0 Å². The topological polar surface area (TPSA) is 85.5 Å². The molecule has 0 atom stereocenters. The van der Waals surface area contributed by atoms with Crippen LogP contribution in [0.2, 0.25) is 0 Å². The van der Waals surface area contributed by atoms with Gasteiger partial charge in [0.25, 0.3) is 11.8 Å². The zero-order valence-corrected chi connectivity index (χ0v) is 15.9. The number of nitrogens with one attached hydrogen (secondary N) is 4. The Balaban J connectivity index is 1.36. The largest absolute Gasteiger partial charge is 0.370 e. The number of ether oxygens (including phenoxy) is 2. The molecule has 0 aliphatic carbocycles. The standard InChI is InChI=1S/C18H34N4O4/c23-17(15-21-7-11-25-12-8-21)19-5-3-1-2-4-6-20-18(24)16-22-9-13-26-14-10-22/h1-16H2,(H,19,23)(H,20,24)/p+2. The van der Waals surface area contributed by atoms with E-state index in [1.165, 1.54) is 9.80 Å². The maximum absolute atomic E-state index is 11.9. The molecule has 8 nitrogen and oxygen atoms in total. The number of carbonyl (C=O) groups is 2. The van der Waals surface area contributed by atoms with Gasteiger partial charge < -0.3 is 29.9 Å². The smallest absolute Gasteiger partial charge is 0.275 e. The van der Waals surface area contributed by atoms with Crippen molar-refractivity contribution < 1.29 is 28.9 Å². The van der Waals surface area contributed by atoms with E-state index in [0.29, 0.717) is 13.1 Å². The van der Waals surface area contributed by atoms with E-state index in [-0.39, 0.29) is 11.8 Å². The summed E-state index contributed by atoms with van der Waals surface area (Å²) < 4.78 is 10.6. The second-order valence-electron chi connectivity index (χ2n) is 7.19. The Morgan fingerprint density at radius 2 is 1.04 bits per heavy atom. The lowest BCUT2D eigenvalue weighted by Gasteiger charge is -2.23.